The van der Waals surface area contributed by atoms with E-state index >= 15 is 0 Å². The van der Waals surface area contributed by atoms with Gasteiger partial charge in [0.2, 0.25) is 5.91 Å². The Balaban J connectivity index is 2.35. The number of alkyl halides is 1. The van der Waals surface area contributed by atoms with E-state index in [0.717, 1.165) is 30.7 Å². The Bertz CT molecular complexity index is 392. The van der Waals surface area contributed by atoms with E-state index in [-0.39, 0.29) is 9.83 Å². The predicted molar refractivity (Wildman–Crippen MR) is 74.4 cm³/mol. The number of carbonyl (C=O) groups excluding carboxylic acids is 1. The molecule has 2 aliphatic heterocycles. The Labute approximate surface area is 115 Å². The van der Waals surface area contributed by atoms with E-state index in [9.17, 15) is 9.90 Å². The molecule has 2 atom stereocenters. The highest BCUT2D eigenvalue weighted by atomic mass is 127. The summed E-state index contributed by atoms with van der Waals surface area (Å²) in [6.07, 6.45) is 4.88. The molecule has 1 saturated heterocycles. The van der Waals surface area contributed by atoms with Crippen LogP contribution in [0.1, 0.15) is 19.8 Å². The Kier molecular flexibility index (Phi) is 3.77. The molecule has 0 spiro atoms. The van der Waals surface area contributed by atoms with Crippen molar-refractivity contribution in [1.82, 2.24) is 9.80 Å². The highest BCUT2D eigenvalue weighted by Crippen LogP contribution is 2.32. The molecule has 2 aliphatic rings. The Morgan fingerprint density at radius 2 is 2.29 bits per heavy atom. The second-order valence-electron chi connectivity index (χ2n) is 4.35. The zero-order valence-corrected chi connectivity index (χ0v) is 12.2. The second-order valence-corrected chi connectivity index (χ2v) is 5.86. The van der Waals surface area contributed by atoms with Crippen molar-refractivity contribution in [3.05, 3.63) is 23.5 Å². The van der Waals surface area contributed by atoms with Gasteiger partial charge in [0.25, 0.3) is 0 Å². The molecule has 17 heavy (non-hydrogen) atoms. The van der Waals surface area contributed by atoms with Crippen LogP contribution in [0.4, 0.5) is 0 Å². The topological polar surface area (TPSA) is 43.8 Å². The minimum atomic E-state index is -0.625. The number of hydrogen-bond acceptors (Lipinski definition) is 3. The standard InChI is InChI=1S/C12H17IN2O2/c1-3-15-7-8-4-5-9(13)12(17)14(2)10(8)6-11(15)16/h6-7,9,11,16H,3-5H2,1-2H3. The molecule has 94 valence electrons. The largest absolute Gasteiger partial charge is 0.370 e. The second kappa shape index (κ2) is 4.97. The quantitative estimate of drug-likeness (QED) is 0.577. The summed E-state index contributed by atoms with van der Waals surface area (Å²) in [5.74, 6) is 0.123. The predicted octanol–water partition coefficient (Wildman–Crippen LogP) is 1.46. The first-order chi connectivity index (χ1) is 8.04. The van der Waals surface area contributed by atoms with Crippen LogP contribution in [-0.4, -0.2) is 44.6 Å². The minimum Gasteiger partial charge on any atom is -0.370 e. The molecule has 4 nitrogen and oxygen atoms in total. The average molecular weight is 348 g/mol. The molecule has 0 radical (unpaired) electrons. The zero-order valence-electron chi connectivity index (χ0n) is 10.1. The monoisotopic (exact) mass is 348 g/mol. The van der Waals surface area contributed by atoms with Gasteiger partial charge in [0, 0.05) is 25.5 Å². The summed E-state index contributed by atoms with van der Waals surface area (Å²) >= 11 is 2.19. The van der Waals surface area contributed by atoms with Crippen molar-refractivity contribution in [3.8, 4) is 0 Å². The van der Waals surface area contributed by atoms with E-state index in [1.807, 2.05) is 18.0 Å². The fourth-order valence-corrected chi connectivity index (χ4v) is 2.95. The SMILES string of the molecule is CCN1C=C2CCC(I)C(=O)N(C)C2=CC1O. The lowest BCUT2D eigenvalue weighted by Crippen LogP contribution is -2.37. The molecule has 1 N–H and O–H groups in total. The van der Waals surface area contributed by atoms with Gasteiger partial charge in [0.1, 0.15) is 6.23 Å². The summed E-state index contributed by atoms with van der Waals surface area (Å²) in [5.41, 5.74) is 2.01. The molecule has 1 fully saturated rings. The van der Waals surface area contributed by atoms with Crippen molar-refractivity contribution >= 4 is 28.5 Å². The van der Waals surface area contributed by atoms with Crippen LogP contribution in [0.2, 0.25) is 0 Å². The van der Waals surface area contributed by atoms with Crippen LogP contribution in [0, 0.1) is 0 Å². The highest BCUT2D eigenvalue weighted by Gasteiger charge is 2.31. The highest BCUT2D eigenvalue weighted by molar-refractivity contribution is 14.1. The number of amides is 1. The third-order valence-corrected chi connectivity index (χ3v) is 4.45. The molecule has 0 aromatic carbocycles. The molecule has 0 aromatic rings. The van der Waals surface area contributed by atoms with Gasteiger partial charge in [-0.25, -0.2) is 0 Å². The molecule has 2 unspecified atom stereocenters. The van der Waals surface area contributed by atoms with Crippen LogP contribution in [0.5, 0.6) is 0 Å². The lowest BCUT2D eigenvalue weighted by Gasteiger charge is -2.32. The Hall–Kier alpha value is -0.560. The van der Waals surface area contributed by atoms with Crippen molar-refractivity contribution in [2.75, 3.05) is 13.6 Å². The number of nitrogens with zero attached hydrogens (tertiary/aromatic N) is 2. The zero-order chi connectivity index (χ0) is 12.6. The first-order valence-electron chi connectivity index (χ1n) is 5.83. The van der Waals surface area contributed by atoms with Crippen LogP contribution in [0.3, 0.4) is 0 Å². The third kappa shape index (κ3) is 2.35. The molecular formula is C12H17IN2O2. The van der Waals surface area contributed by atoms with E-state index in [4.69, 9.17) is 0 Å². The van der Waals surface area contributed by atoms with E-state index in [2.05, 4.69) is 22.6 Å². The van der Waals surface area contributed by atoms with Crippen LogP contribution >= 0.6 is 22.6 Å². The molecule has 0 aliphatic carbocycles. The van der Waals surface area contributed by atoms with Gasteiger partial charge in [-0.1, -0.05) is 22.6 Å². The van der Waals surface area contributed by atoms with E-state index in [1.165, 1.54) is 0 Å². The summed E-state index contributed by atoms with van der Waals surface area (Å²) < 4.78 is 0.0252. The summed E-state index contributed by atoms with van der Waals surface area (Å²) in [6, 6.07) is 0. The van der Waals surface area contributed by atoms with E-state index < -0.39 is 6.23 Å². The fourth-order valence-electron chi connectivity index (χ4n) is 2.22. The maximum Gasteiger partial charge on any atom is 0.239 e. The number of likely N-dealkylation sites (N-methyl/N-ethyl adjacent to an activating group) is 2. The van der Waals surface area contributed by atoms with Crippen LogP contribution in [0.25, 0.3) is 0 Å². The van der Waals surface area contributed by atoms with Gasteiger partial charge in [0.05, 0.1) is 3.92 Å². The lowest BCUT2D eigenvalue weighted by atomic mass is 10.0. The van der Waals surface area contributed by atoms with Crippen molar-refractivity contribution < 1.29 is 9.90 Å². The number of aliphatic hydroxyl groups excluding tert-OH is 1. The van der Waals surface area contributed by atoms with Gasteiger partial charge in [-0.3, -0.25) is 4.79 Å². The first kappa shape index (κ1) is 12.9. The molecule has 2 heterocycles. The maximum atomic E-state index is 12.0. The number of halogens is 1. The molecule has 0 saturated carbocycles. The molecule has 1 amide bonds. The Morgan fingerprint density at radius 3 is 2.94 bits per heavy atom. The molecule has 0 aromatic heterocycles. The van der Waals surface area contributed by atoms with Crippen molar-refractivity contribution in [3.63, 3.8) is 0 Å². The molecule has 5 heteroatoms. The summed E-state index contributed by atoms with van der Waals surface area (Å²) in [5, 5.41) is 9.93. The van der Waals surface area contributed by atoms with Gasteiger partial charge in [-0.05, 0) is 31.4 Å². The number of hydrogen-bond donors (Lipinski definition) is 1. The number of allylic oxidation sites excluding steroid dienone is 1. The van der Waals surface area contributed by atoms with Crippen LogP contribution < -0.4 is 0 Å². The van der Waals surface area contributed by atoms with Gasteiger partial charge in [-0.2, -0.15) is 0 Å². The fraction of sp³-hybridized carbons (Fsp3) is 0.583. The van der Waals surface area contributed by atoms with Crippen molar-refractivity contribution in [1.29, 1.82) is 0 Å². The third-order valence-electron chi connectivity index (χ3n) is 3.29. The summed E-state index contributed by atoms with van der Waals surface area (Å²) in [6.45, 7) is 2.77. The van der Waals surface area contributed by atoms with Crippen LogP contribution in [0.15, 0.2) is 23.5 Å². The van der Waals surface area contributed by atoms with Gasteiger partial charge >= 0.3 is 0 Å². The number of fused-ring (bicyclic) bond motifs is 1. The van der Waals surface area contributed by atoms with Gasteiger partial charge in [-0.15, -0.1) is 0 Å². The van der Waals surface area contributed by atoms with E-state index in [1.54, 1.807) is 18.0 Å². The van der Waals surface area contributed by atoms with Crippen molar-refractivity contribution in [2.45, 2.75) is 29.9 Å². The summed E-state index contributed by atoms with van der Waals surface area (Å²) in [7, 11) is 1.79. The van der Waals surface area contributed by atoms with Gasteiger partial charge < -0.3 is 14.9 Å². The Morgan fingerprint density at radius 1 is 1.59 bits per heavy atom. The van der Waals surface area contributed by atoms with Crippen molar-refractivity contribution in [2.24, 2.45) is 0 Å². The minimum absolute atomic E-state index is 0.0252. The molecule has 2 rings (SSSR count). The lowest BCUT2D eigenvalue weighted by molar-refractivity contribution is -0.126. The first-order valence-corrected chi connectivity index (χ1v) is 7.07. The molecular weight excluding hydrogens is 331 g/mol. The maximum absolute atomic E-state index is 12.0. The van der Waals surface area contributed by atoms with Gasteiger partial charge in [0.15, 0.2) is 0 Å². The number of carbonyl (C=O) groups is 1. The molecule has 0 bridgehead atoms. The normalized spacial score (nSPS) is 29.5. The van der Waals surface area contributed by atoms with E-state index in [0.29, 0.717) is 0 Å². The number of aliphatic hydroxyl groups is 1. The summed E-state index contributed by atoms with van der Waals surface area (Å²) in [4.78, 5) is 15.6. The average Bonchev–Trinajstić information content (AvgIpc) is 2.42. The smallest absolute Gasteiger partial charge is 0.239 e. The van der Waals surface area contributed by atoms with Crippen LogP contribution in [-0.2, 0) is 4.79 Å². The number of rotatable bonds is 1. The number of likely N-dealkylation sites (tertiary alicyclic amines) is 1.